The highest BCUT2D eigenvalue weighted by atomic mass is 79.9. The third-order valence-electron chi connectivity index (χ3n) is 0.733. The highest BCUT2D eigenvalue weighted by Crippen LogP contribution is 2.05. The maximum absolute atomic E-state index is 3.31. The molecule has 3 heteroatoms. The monoisotopic (exact) mass is 196 g/mol. The van der Waals surface area contributed by atoms with Crippen LogP contribution < -0.4 is 0 Å². The highest BCUT2D eigenvalue weighted by molar-refractivity contribution is 9.10. The zero-order valence-electron chi connectivity index (χ0n) is 4.58. The number of halogens is 3. The van der Waals surface area contributed by atoms with Crippen LogP contribution in [0.5, 0.6) is 0 Å². The third-order valence-corrected chi connectivity index (χ3v) is 1.26. The van der Waals surface area contributed by atoms with Crippen LogP contribution in [0.3, 0.4) is 0 Å². The fourth-order valence-corrected chi connectivity index (χ4v) is 0.720. The molecule has 9 heavy (non-hydrogen) atoms. The molecule has 0 atom stereocenters. The van der Waals surface area contributed by atoms with Gasteiger partial charge in [-0.3, -0.25) is 9.41 Å². The average Bonchev–Trinajstić information content (AvgIpc) is 1.69. The van der Waals surface area contributed by atoms with E-state index in [2.05, 4.69) is 15.9 Å². The van der Waals surface area contributed by atoms with Crippen LogP contribution in [0.4, 0.5) is 9.41 Å². The lowest BCUT2D eigenvalue weighted by Crippen LogP contribution is -1.55. The Morgan fingerprint density at radius 2 is 1.33 bits per heavy atom. The van der Waals surface area contributed by atoms with Crippen molar-refractivity contribution in [1.82, 2.24) is 0 Å². The molecule has 0 amide bonds. The van der Waals surface area contributed by atoms with Gasteiger partial charge in [-0.25, -0.2) is 0 Å². The van der Waals surface area contributed by atoms with Crippen LogP contribution in [0.15, 0.2) is 34.8 Å². The SMILES string of the molecule is Brc1ccccc1.F.F. The van der Waals surface area contributed by atoms with E-state index in [1.807, 2.05) is 30.3 Å². The zero-order valence-corrected chi connectivity index (χ0v) is 6.17. The molecule has 1 rings (SSSR count). The molecule has 0 aromatic heterocycles. The largest absolute Gasteiger partial charge is 0.269 e. The summed E-state index contributed by atoms with van der Waals surface area (Å²) < 4.78 is 1.13. The van der Waals surface area contributed by atoms with Gasteiger partial charge in [-0.2, -0.15) is 0 Å². The first-order valence-electron chi connectivity index (χ1n) is 2.10. The molecule has 1 aromatic rings. The summed E-state index contributed by atoms with van der Waals surface area (Å²) in [5.41, 5.74) is 0. The summed E-state index contributed by atoms with van der Waals surface area (Å²) in [4.78, 5) is 0. The van der Waals surface area contributed by atoms with E-state index in [1.165, 1.54) is 0 Å². The maximum Gasteiger partial charge on any atom is 0.0175 e. The van der Waals surface area contributed by atoms with Crippen molar-refractivity contribution >= 4 is 15.9 Å². The molecule has 0 aliphatic carbocycles. The lowest BCUT2D eigenvalue weighted by Gasteiger charge is -1.80. The van der Waals surface area contributed by atoms with Gasteiger partial charge in [0.2, 0.25) is 0 Å². The molecule has 0 fully saturated rings. The summed E-state index contributed by atoms with van der Waals surface area (Å²) in [6.45, 7) is 0. The van der Waals surface area contributed by atoms with Gasteiger partial charge in [-0.15, -0.1) is 0 Å². The molecular formula is C6H7BrF2. The molecule has 0 spiro atoms. The minimum absolute atomic E-state index is 0. The maximum atomic E-state index is 3.31. The van der Waals surface area contributed by atoms with Gasteiger partial charge in [0.15, 0.2) is 0 Å². The molecule has 0 unspecified atom stereocenters. The van der Waals surface area contributed by atoms with E-state index < -0.39 is 0 Å². The summed E-state index contributed by atoms with van der Waals surface area (Å²) in [5, 5.41) is 0. The van der Waals surface area contributed by atoms with E-state index in [0.717, 1.165) is 4.47 Å². The topological polar surface area (TPSA) is 0 Å². The first-order valence-corrected chi connectivity index (χ1v) is 2.89. The molecule has 0 bridgehead atoms. The second-order valence-corrected chi connectivity index (χ2v) is 2.21. The number of benzene rings is 1. The van der Waals surface area contributed by atoms with Gasteiger partial charge in [0.05, 0.1) is 0 Å². The Hall–Kier alpha value is -0.440. The molecule has 1 aromatic carbocycles. The van der Waals surface area contributed by atoms with Gasteiger partial charge in [0.25, 0.3) is 0 Å². The van der Waals surface area contributed by atoms with E-state index in [0.29, 0.717) is 0 Å². The van der Waals surface area contributed by atoms with Crippen molar-refractivity contribution in [2.45, 2.75) is 0 Å². The normalized spacial score (nSPS) is 6.78. The minimum Gasteiger partial charge on any atom is -0.269 e. The van der Waals surface area contributed by atoms with Crippen molar-refractivity contribution in [2.75, 3.05) is 0 Å². The Kier molecular flexibility index (Phi) is 7.19. The minimum atomic E-state index is 0. The van der Waals surface area contributed by atoms with E-state index in [-0.39, 0.29) is 9.41 Å². The van der Waals surface area contributed by atoms with E-state index in [1.54, 1.807) is 0 Å². The van der Waals surface area contributed by atoms with Crippen LogP contribution in [0.25, 0.3) is 0 Å². The van der Waals surface area contributed by atoms with Crippen LogP contribution in [0.1, 0.15) is 0 Å². The smallest absolute Gasteiger partial charge is 0.0175 e. The van der Waals surface area contributed by atoms with Crippen molar-refractivity contribution in [3.8, 4) is 0 Å². The molecular weight excluding hydrogens is 190 g/mol. The molecule has 0 aliphatic heterocycles. The molecule has 0 N–H and O–H groups in total. The lowest BCUT2D eigenvalue weighted by atomic mass is 10.4. The van der Waals surface area contributed by atoms with E-state index >= 15 is 0 Å². The van der Waals surface area contributed by atoms with Crippen LogP contribution in [0, 0.1) is 0 Å². The van der Waals surface area contributed by atoms with Gasteiger partial charge in [-0.1, -0.05) is 34.1 Å². The second-order valence-electron chi connectivity index (χ2n) is 1.30. The Morgan fingerprint density at radius 3 is 1.56 bits per heavy atom. The van der Waals surface area contributed by atoms with Crippen molar-refractivity contribution in [3.63, 3.8) is 0 Å². The molecule has 0 saturated heterocycles. The molecule has 0 radical (unpaired) electrons. The van der Waals surface area contributed by atoms with Gasteiger partial charge in [-0.05, 0) is 12.1 Å². The van der Waals surface area contributed by atoms with Gasteiger partial charge in [0, 0.05) is 4.47 Å². The Morgan fingerprint density at radius 1 is 0.889 bits per heavy atom. The molecule has 0 saturated carbocycles. The van der Waals surface area contributed by atoms with Crippen molar-refractivity contribution in [2.24, 2.45) is 0 Å². The highest BCUT2D eigenvalue weighted by Gasteiger charge is 1.74. The predicted octanol–water partition coefficient (Wildman–Crippen LogP) is 2.75. The first-order chi connectivity index (χ1) is 3.39. The van der Waals surface area contributed by atoms with Gasteiger partial charge >= 0.3 is 0 Å². The van der Waals surface area contributed by atoms with Crippen molar-refractivity contribution in [3.05, 3.63) is 34.8 Å². The Labute approximate surface area is 60.8 Å². The molecule has 0 aliphatic rings. The van der Waals surface area contributed by atoms with E-state index in [9.17, 15) is 0 Å². The summed E-state index contributed by atoms with van der Waals surface area (Å²) in [7, 11) is 0. The second kappa shape index (κ2) is 5.69. The number of hydrogen-bond donors (Lipinski definition) is 0. The van der Waals surface area contributed by atoms with Crippen LogP contribution in [0.2, 0.25) is 0 Å². The Bertz CT molecular complexity index is 141. The van der Waals surface area contributed by atoms with Crippen LogP contribution in [-0.4, -0.2) is 0 Å². The van der Waals surface area contributed by atoms with Gasteiger partial charge in [0.1, 0.15) is 0 Å². The fourth-order valence-electron chi connectivity index (χ4n) is 0.415. The Balaban J connectivity index is 0. The fraction of sp³-hybridized carbons (Fsp3) is 0. The predicted molar refractivity (Wildman–Crippen MR) is 39.1 cm³/mol. The summed E-state index contributed by atoms with van der Waals surface area (Å²) in [5.74, 6) is 0. The third kappa shape index (κ3) is 4.09. The van der Waals surface area contributed by atoms with Gasteiger partial charge < -0.3 is 0 Å². The summed E-state index contributed by atoms with van der Waals surface area (Å²) in [6, 6.07) is 9.97. The molecule has 52 valence electrons. The summed E-state index contributed by atoms with van der Waals surface area (Å²) in [6.07, 6.45) is 0. The van der Waals surface area contributed by atoms with Crippen molar-refractivity contribution < 1.29 is 9.41 Å². The quantitative estimate of drug-likeness (QED) is 0.599. The lowest BCUT2D eigenvalue weighted by molar-refractivity contribution is 1.11. The molecule has 0 heterocycles. The van der Waals surface area contributed by atoms with Crippen molar-refractivity contribution in [1.29, 1.82) is 0 Å². The first kappa shape index (κ1) is 11.4. The number of hydrogen-bond acceptors (Lipinski definition) is 0. The van der Waals surface area contributed by atoms with Crippen LogP contribution >= 0.6 is 15.9 Å². The van der Waals surface area contributed by atoms with E-state index in [4.69, 9.17) is 0 Å². The zero-order chi connectivity index (χ0) is 5.11. The number of rotatable bonds is 0. The standard InChI is InChI=1S/C6H5Br.2FH/c7-6-4-2-1-3-5-6;;/h1-5H;2*1H. The van der Waals surface area contributed by atoms with Crippen LogP contribution in [-0.2, 0) is 0 Å². The average molecular weight is 197 g/mol. The summed E-state index contributed by atoms with van der Waals surface area (Å²) >= 11 is 3.31. The molecule has 0 nitrogen and oxygen atoms in total.